The van der Waals surface area contributed by atoms with E-state index < -0.39 is 23.4 Å². The number of rotatable bonds is 15. The first-order chi connectivity index (χ1) is 26.7. The number of aliphatic hydroxyl groups excluding tert-OH is 1. The molecule has 1 heterocycles. The number of nitrogens with zero attached hydrogens (tertiary/aromatic N) is 1. The van der Waals surface area contributed by atoms with Gasteiger partial charge in [0, 0.05) is 30.4 Å². The van der Waals surface area contributed by atoms with Gasteiger partial charge in [-0.25, -0.2) is 4.79 Å². The molecule has 1 aliphatic rings. The number of amides is 1. The Balaban J connectivity index is 1.22. The van der Waals surface area contributed by atoms with E-state index in [2.05, 4.69) is 36.4 Å². The van der Waals surface area contributed by atoms with E-state index in [0.717, 1.165) is 45.7 Å². The summed E-state index contributed by atoms with van der Waals surface area (Å²) in [4.78, 5) is 15.1. The normalized spacial score (nSPS) is 17.4. The Bertz CT molecular complexity index is 1820. The molecule has 0 aromatic heterocycles. The van der Waals surface area contributed by atoms with Gasteiger partial charge in [0.15, 0.2) is 0 Å². The summed E-state index contributed by atoms with van der Waals surface area (Å²) in [5.41, 5.74) is 3.27. The molecule has 5 aromatic rings. The van der Waals surface area contributed by atoms with Gasteiger partial charge in [0.05, 0.1) is 46.2 Å². The molecule has 0 saturated carbocycles. The van der Waals surface area contributed by atoms with E-state index in [9.17, 15) is 9.90 Å². The molecule has 0 aliphatic carbocycles. The number of β-amino-alcohol motifs (C(OH)–C–C–N with tert-alkyl or cyclic N) is 1. The second-order valence-corrected chi connectivity index (χ2v) is 15.0. The molecule has 1 aliphatic heterocycles. The molecule has 55 heavy (non-hydrogen) atoms. The van der Waals surface area contributed by atoms with Crippen LogP contribution in [0.1, 0.15) is 60.9 Å². The first-order valence-electron chi connectivity index (χ1n) is 19.1. The topological polar surface area (TPSA) is 86.7 Å². The van der Waals surface area contributed by atoms with E-state index in [4.69, 9.17) is 23.7 Å². The third-order valence-electron chi connectivity index (χ3n) is 9.91. The van der Waals surface area contributed by atoms with Gasteiger partial charge in [-0.05, 0) is 61.2 Å². The minimum atomic E-state index is -0.956. The molecular formula is C47H53NO7. The molecule has 288 valence electrons. The van der Waals surface area contributed by atoms with Crippen molar-refractivity contribution in [3.05, 3.63) is 167 Å². The molecule has 6 rings (SSSR count). The maximum Gasteiger partial charge on any atom is 0.410 e. The van der Waals surface area contributed by atoms with E-state index >= 15 is 0 Å². The molecule has 1 saturated heterocycles. The highest BCUT2D eigenvalue weighted by Gasteiger charge is 2.43. The van der Waals surface area contributed by atoms with Crippen molar-refractivity contribution in [2.75, 3.05) is 40.0 Å². The maximum absolute atomic E-state index is 13.4. The van der Waals surface area contributed by atoms with Crippen LogP contribution in [0.4, 0.5) is 4.79 Å². The average Bonchev–Trinajstić information content (AvgIpc) is 3.20. The van der Waals surface area contributed by atoms with E-state index in [1.807, 2.05) is 124 Å². The molecule has 0 spiro atoms. The molecule has 0 unspecified atom stereocenters. The summed E-state index contributed by atoms with van der Waals surface area (Å²) in [5, 5.41) is 11.8. The second kappa shape index (κ2) is 18.5. The number of hydrogen-bond acceptors (Lipinski definition) is 7. The number of carbonyl (C=O) groups excluding carboxylic acids is 1. The van der Waals surface area contributed by atoms with E-state index in [-0.39, 0.29) is 25.0 Å². The van der Waals surface area contributed by atoms with Crippen LogP contribution >= 0.6 is 0 Å². The predicted octanol–water partition coefficient (Wildman–Crippen LogP) is 9.00. The van der Waals surface area contributed by atoms with Crippen molar-refractivity contribution in [3.8, 4) is 11.5 Å². The first kappa shape index (κ1) is 39.5. The summed E-state index contributed by atoms with van der Waals surface area (Å²) in [6.45, 7) is 7.80. The van der Waals surface area contributed by atoms with Crippen molar-refractivity contribution in [1.82, 2.24) is 4.90 Å². The fourth-order valence-corrected chi connectivity index (χ4v) is 7.39. The smallest absolute Gasteiger partial charge is 0.410 e. The molecule has 8 nitrogen and oxygen atoms in total. The molecule has 8 heteroatoms. The van der Waals surface area contributed by atoms with Gasteiger partial charge >= 0.3 is 6.09 Å². The Kier molecular flexibility index (Phi) is 13.3. The number of ether oxygens (including phenoxy) is 5. The van der Waals surface area contributed by atoms with Gasteiger partial charge < -0.3 is 33.7 Å². The fourth-order valence-electron chi connectivity index (χ4n) is 7.39. The van der Waals surface area contributed by atoms with Gasteiger partial charge in [0.25, 0.3) is 0 Å². The van der Waals surface area contributed by atoms with Gasteiger partial charge in [-0.15, -0.1) is 0 Å². The summed E-state index contributed by atoms with van der Waals surface area (Å²) in [6, 6.07) is 46.4. The molecule has 1 N–H and O–H groups in total. The summed E-state index contributed by atoms with van der Waals surface area (Å²) in [5.74, 6) is 0.949. The maximum atomic E-state index is 13.4. The number of para-hydroxylation sites is 1. The Morgan fingerprint density at radius 2 is 1.29 bits per heavy atom. The van der Waals surface area contributed by atoms with Gasteiger partial charge in [-0.1, -0.05) is 121 Å². The monoisotopic (exact) mass is 743 g/mol. The molecule has 5 aromatic carbocycles. The van der Waals surface area contributed by atoms with Crippen LogP contribution in [0.25, 0.3) is 0 Å². The number of benzene rings is 5. The minimum absolute atomic E-state index is 0.143. The number of likely N-dealkylation sites (tertiary alicyclic amines) is 1. The standard InChI is InChI=1S/C47H53NO7/c1-46(2,3)55-45(50)48-31-37(34-54-47(38-18-8-5-9-19-38,39-20-10-6-11-21-39)40-22-12-7-13-23-40)44(42(49)32-48)35-25-27-41(28-26-35)53-30-16-29-52-33-36-17-14-15-24-43(36)51-4/h5-15,17-28,37,42,44,49H,16,29-34H2,1-4H3/t37-,42-,44-/m0/s1. The van der Waals surface area contributed by atoms with Gasteiger partial charge in [0.1, 0.15) is 22.7 Å². The highest BCUT2D eigenvalue weighted by molar-refractivity contribution is 5.68. The van der Waals surface area contributed by atoms with Crippen molar-refractivity contribution in [2.45, 2.75) is 57.0 Å². The SMILES string of the molecule is COc1ccccc1COCCCOc1ccc([C@H]2[C@H](COC(c3ccccc3)(c3ccccc3)c3ccccc3)CN(C(=O)OC(C)(C)C)C[C@@H]2O)cc1. The van der Waals surface area contributed by atoms with Crippen LogP contribution in [0.15, 0.2) is 140 Å². The lowest BCUT2D eigenvalue weighted by atomic mass is 9.77. The quantitative estimate of drug-likeness (QED) is 0.0847. The van der Waals surface area contributed by atoms with Crippen LogP contribution in [0.5, 0.6) is 11.5 Å². The third kappa shape index (κ3) is 9.94. The van der Waals surface area contributed by atoms with Crippen molar-refractivity contribution in [3.63, 3.8) is 0 Å². The second-order valence-electron chi connectivity index (χ2n) is 15.0. The summed E-state index contributed by atoms with van der Waals surface area (Å²) in [6.07, 6.45) is -0.586. The van der Waals surface area contributed by atoms with Crippen LogP contribution in [-0.4, -0.2) is 67.8 Å². The fraction of sp³-hybridized carbons (Fsp3) is 0.340. The van der Waals surface area contributed by atoms with Crippen LogP contribution in [0, 0.1) is 5.92 Å². The zero-order chi connectivity index (χ0) is 38.7. The third-order valence-corrected chi connectivity index (χ3v) is 9.91. The number of aliphatic hydroxyl groups is 1. The molecule has 1 fully saturated rings. The zero-order valence-electron chi connectivity index (χ0n) is 32.3. The Morgan fingerprint density at radius 3 is 1.85 bits per heavy atom. The lowest BCUT2D eigenvalue weighted by Crippen LogP contribution is -2.53. The number of piperidine rings is 1. The largest absolute Gasteiger partial charge is 0.496 e. The van der Waals surface area contributed by atoms with E-state index in [0.29, 0.717) is 26.4 Å². The van der Waals surface area contributed by atoms with Gasteiger partial charge in [0.2, 0.25) is 0 Å². The zero-order valence-corrected chi connectivity index (χ0v) is 32.3. The highest BCUT2D eigenvalue weighted by Crippen LogP contribution is 2.43. The average molecular weight is 744 g/mol. The Hall–Kier alpha value is -5.15. The lowest BCUT2D eigenvalue weighted by Gasteiger charge is -2.44. The summed E-state index contributed by atoms with van der Waals surface area (Å²) < 4.78 is 30.4. The van der Waals surface area contributed by atoms with Crippen molar-refractivity contribution >= 4 is 6.09 Å². The predicted molar refractivity (Wildman–Crippen MR) is 214 cm³/mol. The highest BCUT2D eigenvalue weighted by atomic mass is 16.6. The molecule has 0 radical (unpaired) electrons. The van der Waals surface area contributed by atoms with Crippen LogP contribution in [0.3, 0.4) is 0 Å². The van der Waals surface area contributed by atoms with Crippen LogP contribution in [-0.2, 0) is 26.4 Å². The first-order valence-corrected chi connectivity index (χ1v) is 19.1. The number of hydrogen-bond donors (Lipinski definition) is 1. The molecule has 1 amide bonds. The van der Waals surface area contributed by atoms with Gasteiger partial charge in [-0.2, -0.15) is 0 Å². The van der Waals surface area contributed by atoms with Crippen LogP contribution in [0.2, 0.25) is 0 Å². The summed E-state index contributed by atoms with van der Waals surface area (Å²) in [7, 11) is 1.66. The van der Waals surface area contributed by atoms with Gasteiger partial charge in [-0.3, -0.25) is 0 Å². The van der Waals surface area contributed by atoms with Crippen LogP contribution < -0.4 is 9.47 Å². The van der Waals surface area contributed by atoms with Crippen molar-refractivity contribution in [2.24, 2.45) is 5.92 Å². The molecule has 0 bridgehead atoms. The van der Waals surface area contributed by atoms with E-state index in [1.54, 1.807) is 12.0 Å². The van der Waals surface area contributed by atoms with Crippen molar-refractivity contribution < 1.29 is 33.6 Å². The van der Waals surface area contributed by atoms with Crippen molar-refractivity contribution in [1.29, 1.82) is 0 Å². The molecule has 3 atom stereocenters. The number of methoxy groups -OCH3 is 1. The molecular weight excluding hydrogens is 691 g/mol. The summed E-state index contributed by atoms with van der Waals surface area (Å²) >= 11 is 0. The Morgan fingerprint density at radius 1 is 0.727 bits per heavy atom. The number of carbonyl (C=O) groups is 1. The van der Waals surface area contributed by atoms with E-state index in [1.165, 1.54) is 0 Å². The lowest BCUT2D eigenvalue weighted by molar-refractivity contribution is -0.0596. The Labute approximate surface area is 325 Å². The minimum Gasteiger partial charge on any atom is -0.496 e.